The maximum Gasteiger partial charge on any atom is 0.242 e. The van der Waals surface area contributed by atoms with Crippen molar-refractivity contribution in [3.05, 3.63) is 29.8 Å². The molecule has 1 aliphatic rings. The minimum absolute atomic E-state index is 0.0411. The molecule has 2 rings (SSSR count). The first-order valence-electron chi connectivity index (χ1n) is 5.92. The number of amides is 1. The molecule has 1 heterocycles. The zero-order chi connectivity index (χ0) is 12.6. The highest BCUT2D eigenvalue weighted by Gasteiger charge is 2.32. The van der Waals surface area contributed by atoms with Gasteiger partial charge in [0.05, 0.1) is 18.2 Å². The van der Waals surface area contributed by atoms with Crippen LogP contribution in [0, 0.1) is 0 Å². The van der Waals surface area contributed by atoms with Gasteiger partial charge >= 0.3 is 0 Å². The largest absolute Gasteiger partial charge is 0.324 e. The fraction of sp³-hybridized carbons (Fsp3) is 0.462. The van der Waals surface area contributed by atoms with Gasteiger partial charge in [-0.2, -0.15) is 0 Å². The van der Waals surface area contributed by atoms with Gasteiger partial charge in [0.1, 0.15) is 0 Å². The van der Waals surface area contributed by atoms with Gasteiger partial charge in [-0.05, 0) is 31.5 Å². The smallest absolute Gasteiger partial charge is 0.242 e. The maximum atomic E-state index is 11.6. The van der Waals surface area contributed by atoms with Crippen molar-refractivity contribution in [2.75, 3.05) is 12.1 Å². The number of rotatable bonds is 2. The molecule has 92 valence electrons. The van der Waals surface area contributed by atoms with Crippen LogP contribution >= 0.6 is 0 Å². The average Bonchev–Trinajstić information content (AvgIpc) is 2.53. The first-order valence-corrected chi connectivity index (χ1v) is 5.92. The van der Waals surface area contributed by atoms with Gasteiger partial charge in [-0.1, -0.05) is 12.1 Å². The third-order valence-corrected chi connectivity index (χ3v) is 3.26. The van der Waals surface area contributed by atoms with Crippen LogP contribution in [0.15, 0.2) is 24.3 Å². The Kier molecular flexibility index (Phi) is 3.07. The van der Waals surface area contributed by atoms with Crippen LogP contribution in [0.5, 0.6) is 0 Å². The zero-order valence-electron chi connectivity index (χ0n) is 10.6. The van der Waals surface area contributed by atoms with Gasteiger partial charge < -0.3 is 5.73 Å². The Morgan fingerprint density at radius 2 is 1.94 bits per heavy atom. The molecule has 1 aromatic carbocycles. The summed E-state index contributed by atoms with van der Waals surface area (Å²) in [5, 5.41) is 3.71. The Morgan fingerprint density at radius 1 is 1.35 bits per heavy atom. The molecule has 0 spiro atoms. The molecular weight excluding hydrogens is 214 g/mol. The minimum atomic E-state index is 0.0411. The fourth-order valence-corrected chi connectivity index (χ4v) is 2.25. The summed E-state index contributed by atoms with van der Waals surface area (Å²) in [6.07, 6.45) is 0.575. The van der Waals surface area contributed by atoms with E-state index in [0.29, 0.717) is 6.42 Å². The summed E-state index contributed by atoms with van der Waals surface area (Å²) < 4.78 is 0. The molecule has 17 heavy (non-hydrogen) atoms. The zero-order valence-corrected chi connectivity index (χ0v) is 10.6. The number of hydrogen-bond acceptors (Lipinski definition) is 3. The quantitative estimate of drug-likeness (QED) is 0.845. The summed E-state index contributed by atoms with van der Waals surface area (Å²) in [7, 11) is 1.81. The molecule has 0 aliphatic carbocycles. The Labute approximate surface area is 102 Å². The van der Waals surface area contributed by atoms with E-state index in [9.17, 15) is 4.79 Å². The Morgan fingerprint density at radius 3 is 2.35 bits per heavy atom. The molecule has 4 nitrogen and oxygen atoms in total. The average molecular weight is 233 g/mol. The normalized spacial score (nSPS) is 22.1. The number of nitrogens with zero attached hydrogens (tertiary/aromatic N) is 2. The van der Waals surface area contributed by atoms with Crippen molar-refractivity contribution in [3.63, 3.8) is 0 Å². The molecule has 2 N–H and O–H groups in total. The van der Waals surface area contributed by atoms with Crippen molar-refractivity contribution in [3.8, 4) is 0 Å². The standard InChI is InChI=1S/C13H19N3O/c1-9-8-13(17)15(3)16(9)12-6-4-11(5-7-12)10(2)14/h4-7,9-10H,8,14H2,1-3H3. The minimum Gasteiger partial charge on any atom is -0.324 e. The van der Waals surface area contributed by atoms with Gasteiger partial charge in [0.25, 0.3) is 0 Å². The first-order chi connectivity index (χ1) is 8.00. The van der Waals surface area contributed by atoms with Crippen LogP contribution in [0.4, 0.5) is 5.69 Å². The van der Waals surface area contributed by atoms with Crippen LogP contribution in [-0.2, 0) is 4.79 Å². The maximum absolute atomic E-state index is 11.6. The Balaban J connectivity index is 2.25. The number of nitrogens with two attached hydrogens (primary N) is 1. The van der Waals surface area contributed by atoms with E-state index in [-0.39, 0.29) is 18.0 Å². The summed E-state index contributed by atoms with van der Waals surface area (Å²) in [5.41, 5.74) is 7.96. The lowest BCUT2D eigenvalue weighted by Gasteiger charge is -2.30. The molecule has 2 unspecified atom stereocenters. The third-order valence-electron chi connectivity index (χ3n) is 3.26. The molecule has 1 aromatic rings. The molecule has 0 saturated carbocycles. The second-order valence-corrected chi connectivity index (χ2v) is 4.70. The van der Waals surface area contributed by atoms with Crippen LogP contribution in [-0.4, -0.2) is 24.0 Å². The van der Waals surface area contributed by atoms with Crippen molar-refractivity contribution in [1.82, 2.24) is 5.01 Å². The number of carbonyl (C=O) groups is 1. The highest BCUT2D eigenvalue weighted by Crippen LogP contribution is 2.27. The van der Waals surface area contributed by atoms with Gasteiger partial charge in [-0.3, -0.25) is 14.8 Å². The summed E-state index contributed by atoms with van der Waals surface area (Å²) in [5.74, 6) is 0.161. The monoisotopic (exact) mass is 233 g/mol. The van der Waals surface area contributed by atoms with Crippen LogP contribution in [0.1, 0.15) is 31.9 Å². The van der Waals surface area contributed by atoms with E-state index >= 15 is 0 Å². The van der Waals surface area contributed by atoms with E-state index in [0.717, 1.165) is 11.3 Å². The Bertz CT molecular complexity index is 413. The van der Waals surface area contributed by atoms with Gasteiger partial charge in [0, 0.05) is 13.1 Å². The lowest BCUT2D eigenvalue weighted by atomic mass is 10.1. The van der Waals surface area contributed by atoms with E-state index in [1.165, 1.54) is 0 Å². The van der Waals surface area contributed by atoms with E-state index in [1.54, 1.807) is 5.01 Å². The molecular formula is C13H19N3O. The van der Waals surface area contributed by atoms with Crippen LogP contribution in [0.2, 0.25) is 0 Å². The lowest BCUT2D eigenvalue weighted by molar-refractivity contribution is -0.126. The van der Waals surface area contributed by atoms with Crippen molar-refractivity contribution in [2.45, 2.75) is 32.4 Å². The molecule has 0 radical (unpaired) electrons. The van der Waals surface area contributed by atoms with Crippen LogP contribution < -0.4 is 10.7 Å². The number of anilines is 1. The highest BCUT2D eigenvalue weighted by molar-refractivity contribution is 5.82. The van der Waals surface area contributed by atoms with Crippen molar-refractivity contribution >= 4 is 11.6 Å². The number of carbonyl (C=O) groups excluding carboxylic acids is 1. The van der Waals surface area contributed by atoms with E-state index in [2.05, 4.69) is 6.92 Å². The van der Waals surface area contributed by atoms with Gasteiger partial charge in [0.15, 0.2) is 0 Å². The number of hydrazine groups is 1. The van der Waals surface area contributed by atoms with Gasteiger partial charge in [-0.25, -0.2) is 0 Å². The van der Waals surface area contributed by atoms with Crippen molar-refractivity contribution < 1.29 is 4.79 Å². The third kappa shape index (κ3) is 2.13. The summed E-state index contributed by atoms with van der Waals surface area (Å²) in [6.45, 7) is 4.02. The molecule has 4 heteroatoms. The second kappa shape index (κ2) is 4.37. The van der Waals surface area contributed by atoms with E-state index in [4.69, 9.17) is 5.73 Å². The molecule has 1 fully saturated rings. The van der Waals surface area contributed by atoms with Crippen LogP contribution in [0.25, 0.3) is 0 Å². The molecule has 1 saturated heterocycles. The lowest BCUT2D eigenvalue weighted by Crippen LogP contribution is -2.38. The first kappa shape index (κ1) is 11.9. The summed E-state index contributed by atoms with van der Waals surface area (Å²) in [4.78, 5) is 11.6. The van der Waals surface area contributed by atoms with Crippen molar-refractivity contribution in [2.24, 2.45) is 5.73 Å². The number of benzene rings is 1. The van der Waals surface area contributed by atoms with E-state index in [1.807, 2.05) is 43.2 Å². The summed E-state index contributed by atoms with van der Waals surface area (Å²) in [6, 6.07) is 8.33. The van der Waals surface area contributed by atoms with E-state index < -0.39 is 0 Å². The Hall–Kier alpha value is -1.55. The van der Waals surface area contributed by atoms with Gasteiger partial charge in [0.2, 0.25) is 5.91 Å². The summed E-state index contributed by atoms with van der Waals surface area (Å²) >= 11 is 0. The number of hydrogen-bond donors (Lipinski definition) is 1. The highest BCUT2D eigenvalue weighted by atomic mass is 16.2. The second-order valence-electron chi connectivity index (χ2n) is 4.70. The van der Waals surface area contributed by atoms with Crippen LogP contribution in [0.3, 0.4) is 0 Å². The topological polar surface area (TPSA) is 49.6 Å². The fourth-order valence-electron chi connectivity index (χ4n) is 2.25. The van der Waals surface area contributed by atoms with Crippen molar-refractivity contribution in [1.29, 1.82) is 0 Å². The predicted molar refractivity (Wildman–Crippen MR) is 68.4 cm³/mol. The molecule has 0 bridgehead atoms. The SMILES string of the molecule is CC(N)c1ccc(N2C(C)CC(=O)N2C)cc1. The molecule has 2 atom stereocenters. The molecule has 1 amide bonds. The van der Waals surface area contributed by atoms with Gasteiger partial charge in [-0.15, -0.1) is 0 Å². The molecule has 1 aliphatic heterocycles. The predicted octanol–water partition coefficient (Wildman–Crippen LogP) is 1.68. The molecule has 0 aromatic heterocycles.